The Labute approximate surface area is 204 Å². The molecule has 0 spiro atoms. The van der Waals surface area contributed by atoms with Crippen molar-refractivity contribution >= 4 is 17.1 Å². The molecular formula is C29H38N4O. The molecule has 0 fully saturated rings. The molecule has 0 amide bonds. The van der Waals surface area contributed by atoms with Gasteiger partial charge in [0.1, 0.15) is 23.6 Å². The van der Waals surface area contributed by atoms with Gasteiger partial charge in [-0.25, -0.2) is 9.97 Å². The molecule has 180 valence electrons. The lowest BCUT2D eigenvalue weighted by atomic mass is 9.94. The number of rotatable bonds is 9. The van der Waals surface area contributed by atoms with Crippen LogP contribution < -0.4 is 10.1 Å². The molecule has 1 atom stereocenters. The summed E-state index contributed by atoms with van der Waals surface area (Å²) in [5.41, 5.74) is 7.34. The third kappa shape index (κ3) is 6.02. The minimum atomic E-state index is 0.723. The number of hydrogen-bond acceptors (Lipinski definition) is 5. The Hall–Kier alpha value is -3.21. The van der Waals surface area contributed by atoms with Crippen molar-refractivity contribution in [1.82, 2.24) is 15.0 Å². The van der Waals surface area contributed by atoms with Gasteiger partial charge in [0.2, 0.25) is 0 Å². The van der Waals surface area contributed by atoms with Crippen molar-refractivity contribution in [1.29, 1.82) is 0 Å². The van der Waals surface area contributed by atoms with Crippen molar-refractivity contribution in [3.63, 3.8) is 0 Å². The second-order valence-corrected chi connectivity index (χ2v) is 8.60. The highest BCUT2D eigenvalue weighted by Gasteiger charge is 2.25. The van der Waals surface area contributed by atoms with Gasteiger partial charge in [0.15, 0.2) is 0 Å². The van der Waals surface area contributed by atoms with Gasteiger partial charge < -0.3 is 10.1 Å². The molecule has 3 aromatic rings. The van der Waals surface area contributed by atoms with E-state index < -0.39 is 0 Å². The van der Waals surface area contributed by atoms with Gasteiger partial charge in [0.05, 0.1) is 11.9 Å². The number of aromatic nitrogens is 3. The quantitative estimate of drug-likeness (QED) is 0.349. The molecule has 0 aliphatic heterocycles. The van der Waals surface area contributed by atoms with Gasteiger partial charge in [-0.05, 0) is 73.6 Å². The third-order valence-electron chi connectivity index (χ3n) is 6.35. The van der Waals surface area contributed by atoms with E-state index >= 15 is 0 Å². The largest absolute Gasteiger partial charge is 0.455 e. The van der Waals surface area contributed by atoms with Gasteiger partial charge >= 0.3 is 0 Å². The van der Waals surface area contributed by atoms with Crippen LogP contribution in [0.5, 0.6) is 11.5 Å². The van der Waals surface area contributed by atoms with Crippen LogP contribution in [0.4, 0.5) is 11.5 Å². The fourth-order valence-corrected chi connectivity index (χ4v) is 4.20. The van der Waals surface area contributed by atoms with Crippen LogP contribution in [-0.2, 0) is 6.42 Å². The predicted octanol–water partition coefficient (Wildman–Crippen LogP) is 8.29. The number of fused-ring (bicyclic) bond motifs is 1. The lowest BCUT2D eigenvalue weighted by molar-refractivity contribution is 0.476. The van der Waals surface area contributed by atoms with Gasteiger partial charge in [-0.15, -0.1) is 0 Å². The number of hydrogen-bond donors (Lipinski definition) is 1. The SMILES string of the molecule is CC.CCC1=C(CCC(C)CC)c2c(ncnc2Nc2ccc(Oc3cccnc3)c(C)c2)C1. The Kier molecular flexibility index (Phi) is 9.20. The van der Waals surface area contributed by atoms with Crippen LogP contribution in [0, 0.1) is 12.8 Å². The van der Waals surface area contributed by atoms with Crippen molar-refractivity contribution < 1.29 is 4.74 Å². The van der Waals surface area contributed by atoms with Crippen LogP contribution in [0.15, 0.2) is 54.6 Å². The van der Waals surface area contributed by atoms with Crippen LogP contribution in [0.3, 0.4) is 0 Å². The van der Waals surface area contributed by atoms with Crippen molar-refractivity contribution in [2.24, 2.45) is 5.92 Å². The third-order valence-corrected chi connectivity index (χ3v) is 6.35. The summed E-state index contributed by atoms with van der Waals surface area (Å²) in [6.45, 7) is 12.9. The molecule has 1 aromatic carbocycles. The van der Waals surface area contributed by atoms with Crippen LogP contribution in [0.2, 0.25) is 0 Å². The van der Waals surface area contributed by atoms with E-state index in [0.717, 1.165) is 59.4 Å². The molecule has 2 aromatic heterocycles. The van der Waals surface area contributed by atoms with E-state index in [1.54, 1.807) is 18.7 Å². The maximum absolute atomic E-state index is 5.98. The lowest BCUT2D eigenvalue weighted by Gasteiger charge is -2.16. The van der Waals surface area contributed by atoms with Crippen LogP contribution in [0.1, 0.15) is 77.1 Å². The highest BCUT2D eigenvalue weighted by Crippen LogP contribution is 2.41. The molecule has 1 unspecified atom stereocenters. The Bertz CT molecular complexity index is 1110. The van der Waals surface area contributed by atoms with Crippen LogP contribution >= 0.6 is 0 Å². The molecule has 0 saturated heterocycles. The first-order chi connectivity index (χ1) is 16.6. The molecule has 2 heterocycles. The van der Waals surface area contributed by atoms with E-state index in [9.17, 15) is 0 Å². The van der Waals surface area contributed by atoms with E-state index in [1.807, 2.05) is 45.0 Å². The van der Waals surface area contributed by atoms with Crippen LogP contribution in [0.25, 0.3) is 5.57 Å². The lowest BCUT2D eigenvalue weighted by Crippen LogP contribution is -2.03. The minimum Gasteiger partial charge on any atom is -0.455 e. The van der Waals surface area contributed by atoms with Gasteiger partial charge in [-0.1, -0.05) is 46.6 Å². The van der Waals surface area contributed by atoms with Crippen LogP contribution in [-0.4, -0.2) is 15.0 Å². The molecule has 0 saturated carbocycles. The number of anilines is 2. The van der Waals surface area contributed by atoms with E-state index in [1.165, 1.54) is 29.6 Å². The van der Waals surface area contributed by atoms with Crippen molar-refractivity contribution in [3.05, 3.63) is 71.4 Å². The molecular weight excluding hydrogens is 420 g/mol. The minimum absolute atomic E-state index is 0.723. The van der Waals surface area contributed by atoms with Gasteiger partial charge in [-0.3, -0.25) is 4.98 Å². The summed E-state index contributed by atoms with van der Waals surface area (Å²) in [6, 6.07) is 9.89. The van der Waals surface area contributed by atoms with E-state index in [4.69, 9.17) is 4.74 Å². The normalized spacial score (nSPS) is 13.1. The van der Waals surface area contributed by atoms with Gasteiger partial charge in [0, 0.05) is 23.9 Å². The Morgan fingerprint density at radius 2 is 1.94 bits per heavy atom. The first-order valence-electron chi connectivity index (χ1n) is 12.6. The summed E-state index contributed by atoms with van der Waals surface area (Å²) >= 11 is 0. The molecule has 0 radical (unpaired) electrons. The van der Waals surface area contributed by atoms with Gasteiger partial charge in [-0.2, -0.15) is 0 Å². The smallest absolute Gasteiger partial charge is 0.145 e. The molecule has 5 heteroatoms. The van der Waals surface area contributed by atoms with Crippen molar-refractivity contribution in [2.45, 2.75) is 73.6 Å². The fourth-order valence-electron chi connectivity index (χ4n) is 4.20. The average Bonchev–Trinajstić information content (AvgIpc) is 3.24. The number of ether oxygens (including phenoxy) is 1. The Morgan fingerprint density at radius 1 is 1.12 bits per heavy atom. The maximum atomic E-state index is 5.98. The topological polar surface area (TPSA) is 59.9 Å². The average molecular weight is 459 g/mol. The number of pyridine rings is 1. The summed E-state index contributed by atoms with van der Waals surface area (Å²) in [7, 11) is 0. The maximum Gasteiger partial charge on any atom is 0.145 e. The highest BCUT2D eigenvalue weighted by molar-refractivity contribution is 5.83. The van der Waals surface area contributed by atoms with E-state index in [-0.39, 0.29) is 0 Å². The van der Waals surface area contributed by atoms with E-state index in [2.05, 4.69) is 47.1 Å². The molecule has 5 nitrogen and oxygen atoms in total. The van der Waals surface area contributed by atoms with E-state index in [0.29, 0.717) is 0 Å². The Balaban J connectivity index is 0.00000158. The van der Waals surface area contributed by atoms with Crippen molar-refractivity contribution in [2.75, 3.05) is 5.32 Å². The molecule has 1 aliphatic rings. The molecule has 34 heavy (non-hydrogen) atoms. The molecule has 4 rings (SSSR count). The fraction of sp³-hybridized carbons (Fsp3) is 0.414. The second-order valence-electron chi connectivity index (χ2n) is 8.60. The standard InChI is InChI=1S/C27H32N4O.C2H6/c1-5-18(3)9-11-23-20(6-2)15-24-26(23)27(30-17-29-24)31-21-10-12-25(19(4)14-21)32-22-8-7-13-28-16-22;1-2/h7-8,10,12-14,16-18H,5-6,9,11,15H2,1-4H3,(H,29,30,31);1-2H3. The summed E-state index contributed by atoms with van der Waals surface area (Å²) in [5, 5.41) is 3.56. The summed E-state index contributed by atoms with van der Waals surface area (Å²) < 4.78 is 5.98. The summed E-state index contributed by atoms with van der Waals surface area (Å²) in [4.78, 5) is 13.4. The molecule has 1 aliphatic carbocycles. The summed E-state index contributed by atoms with van der Waals surface area (Å²) in [6.07, 6.45) is 10.6. The number of aryl methyl sites for hydroxylation is 1. The zero-order valence-corrected chi connectivity index (χ0v) is 21.5. The predicted molar refractivity (Wildman–Crippen MR) is 142 cm³/mol. The number of nitrogens with one attached hydrogen (secondary N) is 1. The zero-order chi connectivity index (χ0) is 24.5. The zero-order valence-electron chi connectivity index (χ0n) is 21.5. The molecule has 0 bridgehead atoms. The first-order valence-corrected chi connectivity index (χ1v) is 12.6. The van der Waals surface area contributed by atoms with Crippen molar-refractivity contribution in [3.8, 4) is 11.5 Å². The monoisotopic (exact) mass is 458 g/mol. The number of allylic oxidation sites excluding steroid dienone is 2. The van der Waals surface area contributed by atoms with Gasteiger partial charge in [0.25, 0.3) is 0 Å². The number of nitrogens with zero attached hydrogens (tertiary/aromatic N) is 3. The first kappa shape index (κ1) is 25.4. The second kappa shape index (κ2) is 12.3. The summed E-state index contributed by atoms with van der Waals surface area (Å²) in [5.74, 6) is 3.17. The highest BCUT2D eigenvalue weighted by atomic mass is 16.5. The number of benzene rings is 1. The Morgan fingerprint density at radius 3 is 2.62 bits per heavy atom. The molecule has 1 N–H and O–H groups in total.